The van der Waals surface area contributed by atoms with Crippen molar-refractivity contribution in [3.05, 3.63) is 84.2 Å². The van der Waals surface area contributed by atoms with Gasteiger partial charge in [0.1, 0.15) is 12.1 Å². The molecule has 0 radical (unpaired) electrons. The Labute approximate surface area is 168 Å². The van der Waals surface area contributed by atoms with Crippen molar-refractivity contribution < 1.29 is 19.8 Å². The number of H-pyrrole nitrogens is 1. The highest BCUT2D eigenvalue weighted by atomic mass is 16.4. The lowest BCUT2D eigenvalue weighted by Gasteiger charge is -2.04. The molecule has 2 aromatic carbocycles. The van der Waals surface area contributed by atoms with Crippen LogP contribution in [0.2, 0.25) is 0 Å². The van der Waals surface area contributed by atoms with Gasteiger partial charge in [-0.25, -0.2) is 0 Å². The van der Waals surface area contributed by atoms with Crippen LogP contribution in [0.5, 0.6) is 0 Å². The molecule has 0 spiro atoms. The van der Waals surface area contributed by atoms with Crippen LogP contribution in [0.1, 0.15) is 11.1 Å². The summed E-state index contributed by atoms with van der Waals surface area (Å²) in [5, 5.41) is 26.3. The number of benzene rings is 2. The summed E-state index contributed by atoms with van der Waals surface area (Å²) in [6.45, 7) is 0. The molecule has 2 unspecified atom stereocenters. The van der Waals surface area contributed by atoms with Gasteiger partial charge in [0.25, 0.3) is 0 Å². The summed E-state index contributed by atoms with van der Waals surface area (Å²) in [5.41, 5.74) is 12.6. The van der Waals surface area contributed by atoms with Crippen LogP contribution in [0.4, 0.5) is 0 Å². The van der Waals surface area contributed by atoms with E-state index < -0.39 is 24.0 Å². The van der Waals surface area contributed by atoms with Gasteiger partial charge in [0, 0.05) is 6.20 Å². The number of hydrogen-bond donors (Lipinski definition) is 5. The zero-order valence-corrected chi connectivity index (χ0v) is 15.8. The van der Waals surface area contributed by atoms with Gasteiger partial charge in [-0.3, -0.25) is 14.7 Å². The fourth-order valence-electron chi connectivity index (χ4n) is 2.08. The van der Waals surface area contributed by atoms with Crippen LogP contribution < -0.4 is 11.5 Å². The van der Waals surface area contributed by atoms with Gasteiger partial charge in [-0.1, -0.05) is 65.9 Å². The molecule has 7 N–H and O–H groups in total. The van der Waals surface area contributed by atoms with Crippen LogP contribution in [0.25, 0.3) is 0 Å². The minimum Gasteiger partial charge on any atom is -0.480 e. The fourth-order valence-corrected chi connectivity index (χ4v) is 2.08. The number of nitrogens with one attached hydrogen (secondary N) is 1. The van der Waals surface area contributed by atoms with Crippen molar-refractivity contribution in [1.29, 1.82) is 0 Å². The predicted octanol–water partition coefficient (Wildman–Crippen LogP) is 1.09. The highest BCUT2D eigenvalue weighted by Crippen LogP contribution is 2.02. The SMILES string of the molecule is NC(Cc1ccccc1)C(=O)O.NC(Cc1ccccc1)C(=O)O.c1c[nH]nn1. The molecule has 1 aromatic heterocycles. The molecule has 9 nitrogen and oxygen atoms in total. The van der Waals surface area contributed by atoms with E-state index in [1.807, 2.05) is 60.7 Å². The molecule has 0 amide bonds. The minimum atomic E-state index is -0.959. The Morgan fingerprint density at radius 3 is 1.48 bits per heavy atom. The zero-order chi connectivity index (χ0) is 21.5. The third-order valence-electron chi connectivity index (χ3n) is 3.56. The first-order chi connectivity index (χ1) is 13.9. The summed E-state index contributed by atoms with van der Waals surface area (Å²) in [7, 11) is 0. The van der Waals surface area contributed by atoms with Gasteiger partial charge in [-0.15, -0.1) is 5.10 Å². The molecule has 1 heterocycles. The number of aliphatic carboxylic acids is 2. The average Bonchev–Trinajstić information content (AvgIpc) is 3.30. The van der Waals surface area contributed by atoms with Crippen molar-refractivity contribution in [2.75, 3.05) is 0 Å². The second-order valence-electron chi connectivity index (χ2n) is 5.93. The van der Waals surface area contributed by atoms with Crippen molar-refractivity contribution in [1.82, 2.24) is 15.4 Å². The number of nitrogens with two attached hydrogens (primary N) is 2. The first-order valence-electron chi connectivity index (χ1n) is 8.75. The maximum absolute atomic E-state index is 10.4. The quantitative estimate of drug-likeness (QED) is 0.410. The number of carboxylic acid groups (broad SMARTS) is 2. The van der Waals surface area contributed by atoms with Gasteiger partial charge in [-0.05, 0) is 24.0 Å². The Balaban J connectivity index is 0.000000235. The van der Waals surface area contributed by atoms with Crippen molar-refractivity contribution in [3.63, 3.8) is 0 Å². The number of carbonyl (C=O) groups is 2. The lowest BCUT2D eigenvalue weighted by atomic mass is 10.1. The van der Waals surface area contributed by atoms with Crippen LogP contribution in [-0.4, -0.2) is 49.6 Å². The molecule has 3 aromatic rings. The van der Waals surface area contributed by atoms with Crippen molar-refractivity contribution in [2.24, 2.45) is 11.5 Å². The fraction of sp³-hybridized carbons (Fsp3) is 0.200. The summed E-state index contributed by atoms with van der Waals surface area (Å²) in [4.78, 5) is 20.8. The molecule has 0 saturated heterocycles. The number of rotatable bonds is 6. The molecule has 154 valence electrons. The first-order valence-corrected chi connectivity index (χ1v) is 8.75. The van der Waals surface area contributed by atoms with E-state index in [4.69, 9.17) is 21.7 Å². The summed E-state index contributed by atoms with van der Waals surface area (Å²) in [6, 6.07) is 17.1. The lowest BCUT2D eigenvalue weighted by molar-refractivity contribution is -0.139. The molecule has 0 bridgehead atoms. The summed E-state index contributed by atoms with van der Waals surface area (Å²) < 4.78 is 0. The molecule has 3 rings (SSSR count). The number of nitrogens with zero attached hydrogens (tertiary/aromatic N) is 2. The molecule has 0 fully saturated rings. The van der Waals surface area contributed by atoms with E-state index in [-0.39, 0.29) is 0 Å². The molecule has 0 aliphatic rings. The average molecular weight is 399 g/mol. The standard InChI is InChI=1S/2C9H11NO2.C2H3N3/c2*10-8(9(11)12)6-7-4-2-1-3-5-7;1-2-4-5-3-1/h2*1-5,8H,6,10H2,(H,11,12);1-2H,(H,3,4,5). The third kappa shape index (κ3) is 11.0. The molecular formula is C20H25N5O4. The Bertz CT molecular complexity index is 739. The topological polar surface area (TPSA) is 168 Å². The lowest BCUT2D eigenvalue weighted by Crippen LogP contribution is -2.32. The van der Waals surface area contributed by atoms with Gasteiger partial charge < -0.3 is 21.7 Å². The number of carboxylic acids is 2. The number of hydrogen-bond acceptors (Lipinski definition) is 6. The molecule has 0 saturated carbocycles. The maximum atomic E-state index is 10.4. The van der Waals surface area contributed by atoms with Crippen LogP contribution in [0.3, 0.4) is 0 Å². The van der Waals surface area contributed by atoms with Crippen molar-refractivity contribution in [2.45, 2.75) is 24.9 Å². The predicted molar refractivity (Wildman–Crippen MR) is 108 cm³/mol. The molecule has 0 aliphatic heterocycles. The van der Waals surface area contributed by atoms with Crippen LogP contribution in [0, 0.1) is 0 Å². The number of aromatic amines is 1. The second kappa shape index (κ2) is 13.6. The first kappa shape index (κ1) is 23.5. The summed E-state index contributed by atoms with van der Waals surface area (Å²) >= 11 is 0. The van der Waals surface area contributed by atoms with Gasteiger partial charge >= 0.3 is 11.9 Å². The second-order valence-corrected chi connectivity index (χ2v) is 5.93. The van der Waals surface area contributed by atoms with Gasteiger partial charge in [0.15, 0.2) is 0 Å². The van der Waals surface area contributed by atoms with Crippen molar-refractivity contribution >= 4 is 11.9 Å². The van der Waals surface area contributed by atoms with Crippen molar-refractivity contribution in [3.8, 4) is 0 Å². The van der Waals surface area contributed by atoms with E-state index in [9.17, 15) is 9.59 Å². The van der Waals surface area contributed by atoms with Crippen LogP contribution in [-0.2, 0) is 22.4 Å². The maximum Gasteiger partial charge on any atom is 0.320 e. The van der Waals surface area contributed by atoms with E-state index in [2.05, 4.69) is 15.4 Å². The smallest absolute Gasteiger partial charge is 0.320 e. The minimum absolute atomic E-state index is 0.385. The monoisotopic (exact) mass is 399 g/mol. The van der Waals surface area contributed by atoms with E-state index >= 15 is 0 Å². The Hall–Kier alpha value is -3.56. The summed E-state index contributed by atoms with van der Waals surface area (Å²) in [5.74, 6) is -1.92. The molecular weight excluding hydrogens is 374 g/mol. The number of aromatic nitrogens is 3. The van der Waals surface area contributed by atoms with E-state index in [1.54, 1.807) is 12.4 Å². The normalized spacial score (nSPS) is 11.7. The molecule has 0 aliphatic carbocycles. The van der Waals surface area contributed by atoms with Gasteiger partial charge in [-0.2, -0.15) is 0 Å². The highest BCUT2D eigenvalue weighted by molar-refractivity contribution is 5.73. The van der Waals surface area contributed by atoms with E-state index in [0.717, 1.165) is 11.1 Å². The summed E-state index contributed by atoms with van der Waals surface area (Å²) in [6.07, 6.45) is 4.01. The van der Waals surface area contributed by atoms with Gasteiger partial charge in [0.2, 0.25) is 0 Å². The molecule has 2 atom stereocenters. The highest BCUT2D eigenvalue weighted by Gasteiger charge is 2.11. The van der Waals surface area contributed by atoms with Crippen LogP contribution in [0.15, 0.2) is 73.1 Å². The molecule has 29 heavy (non-hydrogen) atoms. The largest absolute Gasteiger partial charge is 0.480 e. The Kier molecular flexibility index (Phi) is 11.0. The van der Waals surface area contributed by atoms with Crippen LogP contribution >= 0.6 is 0 Å². The molecule has 9 heteroatoms. The zero-order valence-electron chi connectivity index (χ0n) is 15.8. The Morgan fingerprint density at radius 2 is 1.24 bits per heavy atom. The van der Waals surface area contributed by atoms with E-state index in [0.29, 0.717) is 12.8 Å². The van der Waals surface area contributed by atoms with E-state index in [1.165, 1.54) is 0 Å². The third-order valence-corrected chi connectivity index (χ3v) is 3.56. The van der Waals surface area contributed by atoms with Gasteiger partial charge in [0.05, 0.1) is 6.20 Å². The Morgan fingerprint density at radius 1 is 0.828 bits per heavy atom.